The van der Waals surface area contributed by atoms with Crippen LogP contribution in [0.25, 0.3) is 0 Å². The first kappa shape index (κ1) is 23.1. The molecule has 2 aromatic carbocycles. The Bertz CT molecular complexity index is 974. The van der Waals surface area contributed by atoms with Crippen LogP contribution < -0.4 is 14.4 Å². The third-order valence-corrected chi connectivity index (χ3v) is 7.17. The predicted octanol–water partition coefficient (Wildman–Crippen LogP) is 2.80. The standard InChI is InChI=1S/C23H31N3O4S/c1-19-11-12-22(30-2)21(17-19)26(31(28,29)20-9-4-3-5-10-20)18-23(27)24-13-8-16-25-14-6-7-15-25/h3-5,9-12,17H,6-8,13-16,18H2,1-2H3,(H,24,27). The predicted molar refractivity (Wildman–Crippen MR) is 122 cm³/mol. The van der Waals surface area contributed by atoms with E-state index in [0.29, 0.717) is 18.0 Å². The van der Waals surface area contributed by atoms with Crippen LogP contribution in [0.15, 0.2) is 53.4 Å². The van der Waals surface area contributed by atoms with Gasteiger partial charge in [0.1, 0.15) is 12.3 Å². The van der Waals surface area contributed by atoms with E-state index in [9.17, 15) is 13.2 Å². The van der Waals surface area contributed by atoms with E-state index in [0.717, 1.165) is 35.9 Å². The molecular formula is C23H31N3O4S. The van der Waals surface area contributed by atoms with Gasteiger partial charge >= 0.3 is 0 Å². The molecule has 2 aromatic rings. The Morgan fingerprint density at radius 3 is 2.52 bits per heavy atom. The second-order valence-corrected chi connectivity index (χ2v) is 9.61. The molecule has 0 aromatic heterocycles. The Kier molecular flexibility index (Phi) is 7.92. The molecule has 0 spiro atoms. The highest BCUT2D eigenvalue weighted by Gasteiger charge is 2.29. The molecule has 0 atom stereocenters. The number of carbonyl (C=O) groups is 1. The molecule has 1 aliphatic heterocycles. The number of ether oxygens (including phenoxy) is 1. The Labute approximate surface area is 185 Å². The average molecular weight is 446 g/mol. The lowest BCUT2D eigenvalue weighted by Crippen LogP contribution is -2.41. The van der Waals surface area contributed by atoms with Gasteiger partial charge in [-0.05, 0) is 75.6 Å². The number of nitrogens with zero attached hydrogens (tertiary/aromatic N) is 2. The number of nitrogens with one attached hydrogen (secondary N) is 1. The molecule has 8 heteroatoms. The highest BCUT2D eigenvalue weighted by atomic mass is 32.2. The molecule has 0 aliphatic carbocycles. The number of hydrogen-bond donors (Lipinski definition) is 1. The maximum atomic E-state index is 13.4. The normalized spacial score (nSPS) is 14.4. The first-order chi connectivity index (χ1) is 14.9. The molecule has 1 heterocycles. The summed E-state index contributed by atoms with van der Waals surface area (Å²) >= 11 is 0. The van der Waals surface area contributed by atoms with Crippen molar-refractivity contribution < 1.29 is 17.9 Å². The number of hydrogen-bond acceptors (Lipinski definition) is 5. The topological polar surface area (TPSA) is 79.0 Å². The molecule has 1 fully saturated rings. The van der Waals surface area contributed by atoms with Gasteiger partial charge in [-0.15, -0.1) is 0 Å². The largest absolute Gasteiger partial charge is 0.495 e. The highest BCUT2D eigenvalue weighted by Crippen LogP contribution is 2.33. The van der Waals surface area contributed by atoms with E-state index < -0.39 is 10.0 Å². The van der Waals surface area contributed by atoms with Crippen molar-refractivity contribution >= 4 is 21.6 Å². The SMILES string of the molecule is COc1ccc(C)cc1N(CC(=O)NCCCN1CCCC1)S(=O)(=O)c1ccccc1. The second-order valence-electron chi connectivity index (χ2n) is 7.75. The zero-order chi connectivity index (χ0) is 22.3. The van der Waals surface area contributed by atoms with E-state index in [1.807, 2.05) is 13.0 Å². The van der Waals surface area contributed by atoms with Gasteiger partial charge in [-0.25, -0.2) is 8.42 Å². The van der Waals surface area contributed by atoms with Crippen molar-refractivity contribution in [1.82, 2.24) is 10.2 Å². The van der Waals surface area contributed by atoms with Crippen molar-refractivity contribution in [3.8, 4) is 5.75 Å². The molecule has 3 rings (SSSR count). The van der Waals surface area contributed by atoms with Crippen LogP contribution in [-0.4, -0.2) is 59.1 Å². The van der Waals surface area contributed by atoms with Crippen LogP contribution in [0.3, 0.4) is 0 Å². The van der Waals surface area contributed by atoms with E-state index in [1.54, 1.807) is 30.3 Å². The van der Waals surface area contributed by atoms with Gasteiger partial charge in [-0.1, -0.05) is 24.3 Å². The van der Waals surface area contributed by atoms with Crippen molar-refractivity contribution in [1.29, 1.82) is 0 Å². The van der Waals surface area contributed by atoms with Gasteiger partial charge in [0.25, 0.3) is 10.0 Å². The third-order valence-electron chi connectivity index (χ3n) is 5.39. The lowest BCUT2D eigenvalue weighted by Gasteiger charge is -2.26. The maximum absolute atomic E-state index is 13.4. The molecule has 0 unspecified atom stereocenters. The van der Waals surface area contributed by atoms with Gasteiger partial charge in [-0.2, -0.15) is 0 Å². The van der Waals surface area contributed by atoms with E-state index in [4.69, 9.17) is 4.74 Å². The lowest BCUT2D eigenvalue weighted by atomic mass is 10.2. The van der Waals surface area contributed by atoms with Crippen molar-refractivity contribution in [2.75, 3.05) is 44.1 Å². The van der Waals surface area contributed by atoms with Gasteiger partial charge in [0.05, 0.1) is 17.7 Å². The van der Waals surface area contributed by atoms with Crippen molar-refractivity contribution in [3.63, 3.8) is 0 Å². The average Bonchev–Trinajstić information content (AvgIpc) is 3.29. The summed E-state index contributed by atoms with van der Waals surface area (Å²) in [5.41, 5.74) is 1.22. The number of likely N-dealkylation sites (tertiary alicyclic amines) is 1. The second kappa shape index (κ2) is 10.6. The number of methoxy groups -OCH3 is 1. The van der Waals surface area contributed by atoms with E-state index in [2.05, 4.69) is 10.2 Å². The summed E-state index contributed by atoms with van der Waals surface area (Å²) in [7, 11) is -2.47. The molecule has 1 aliphatic rings. The number of sulfonamides is 1. The first-order valence-electron chi connectivity index (χ1n) is 10.6. The lowest BCUT2D eigenvalue weighted by molar-refractivity contribution is -0.119. The van der Waals surface area contributed by atoms with Crippen LogP contribution in [0, 0.1) is 6.92 Å². The van der Waals surface area contributed by atoms with E-state index in [-0.39, 0.29) is 17.3 Å². The van der Waals surface area contributed by atoms with Crippen LogP contribution in [-0.2, 0) is 14.8 Å². The first-order valence-corrected chi connectivity index (χ1v) is 12.1. The highest BCUT2D eigenvalue weighted by molar-refractivity contribution is 7.92. The van der Waals surface area contributed by atoms with Gasteiger partial charge in [0, 0.05) is 6.54 Å². The molecule has 1 amide bonds. The zero-order valence-corrected chi connectivity index (χ0v) is 19.0. The summed E-state index contributed by atoms with van der Waals surface area (Å²) < 4.78 is 33.4. The molecule has 0 bridgehead atoms. The Morgan fingerprint density at radius 2 is 1.84 bits per heavy atom. The summed E-state index contributed by atoms with van der Waals surface area (Å²) in [6, 6.07) is 13.4. The quantitative estimate of drug-likeness (QED) is 0.569. The smallest absolute Gasteiger partial charge is 0.264 e. The van der Waals surface area contributed by atoms with Crippen LogP contribution in [0.2, 0.25) is 0 Å². The number of anilines is 1. The van der Waals surface area contributed by atoms with Crippen molar-refractivity contribution in [2.45, 2.75) is 31.1 Å². The third kappa shape index (κ3) is 5.98. The molecule has 168 valence electrons. The Morgan fingerprint density at radius 1 is 1.13 bits per heavy atom. The number of aryl methyl sites for hydroxylation is 1. The minimum absolute atomic E-state index is 0.125. The fourth-order valence-corrected chi connectivity index (χ4v) is 5.18. The summed E-state index contributed by atoms with van der Waals surface area (Å²) in [5, 5.41) is 2.87. The molecule has 0 radical (unpaired) electrons. The van der Waals surface area contributed by atoms with E-state index >= 15 is 0 Å². The Hall–Kier alpha value is -2.58. The number of rotatable bonds is 10. The fraction of sp³-hybridized carbons (Fsp3) is 0.435. The van der Waals surface area contributed by atoms with Gasteiger partial charge in [-0.3, -0.25) is 9.10 Å². The van der Waals surface area contributed by atoms with Gasteiger partial charge < -0.3 is 15.0 Å². The zero-order valence-electron chi connectivity index (χ0n) is 18.2. The van der Waals surface area contributed by atoms with Crippen LogP contribution in [0.1, 0.15) is 24.8 Å². The number of carbonyl (C=O) groups excluding carboxylic acids is 1. The van der Waals surface area contributed by atoms with Crippen molar-refractivity contribution in [3.05, 3.63) is 54.1 Å². The number of amides is 1. The van der Waals surface area contributed by atoms with Crippen LogP contribution >= 0.6 is 0 Å². The molecule has 7 nitrogen and oxygen atoms in total. The van der Waals surface area contributed by atoms with E-state index in [1.165, 1.54) is 32.1 Å². The Balaban J connectivity index is 1.78. The molecular weight excluding hydrogens is 414 g/mol. The number of benzene rings is 2. The molecule has 1 saturated heterocycles. The molecule has 0 saturated carbocycles. The summed E-state index contributed by atoms with van der Waals surface area (Å²) in [5.74, 6) is 0.0522. The monoisotopic (exact) mass is 445 g/mol. The summed E-state index contributed by atoms with van der Waals surface area (Å²) in [4.78, 5) is 15.2. The summed E-state index contributed by atoms with van der Waals surface area (Å²) in [6.07, 6.45) is 3.30. The van der Waals surface area contributed by atoms with Crippen molar-refractivity contribution in [2.24, 2.45) is 0 Å². The minimum Gasteiger partial charge on any atom is -0.495 e. The van der Waals surface area contributed by atoms with Gasteiger partial charge in [0.15, 0.2) is 0 Å². The van der Waals surface area contributed by atoms with Crippen LogP contribution in [0.5, 0.6) is 5.75 Å². The fourth-order valence-electron chi connectivity index (χ4n) is 3.74. The maximum Gasteiger partial charge on any atom is 0.264 e. The van der Waals surface area contributed by atoms with Crippen LogP contribution in [0.4, 0.5) is 5.69 Å². The minimum atomic E-state index is -3.96. The molecule has 31 heavy (non-hydrogen) atoms. The summed E-state index contributed by atoms with van der Waals surface area (Å²) in [6.45, 7) is 5.24. The van der Waals surface area contributed by atoms with Gasteiger partial charge in [0.2, 0.25) is 5.91 Å². The molecule has 1 N–H and O–H groups in total.